The van der Waals surface area contributed by atoms with E-state index in [-0.39, 0.29) is 0 Å². The van der Waals surface area contributed by atoms with E-state index in [1.165, 1.54) is 24.1 Å². The van der Waals surface area contributed by atoms with Gasteiger partial charge < -0.3 is 10.2 Å². The highest BCUT2D eigenvalue weighted by Crippen LogP contribution is 2.22. The molecule has 0 heterocycles. The summed E-state index contributed by atoms with van der Waals surface area (Å²) in [6.07, 6.45) is 2.47. The Morgan fingerprint density at radius 1 is 1.06 bits per heavy atom. The normalized spacial score (nSPS) is 12.8. The fourth-order valence-electron chi connectivity index (χ4n) is 1.98. The summed E-state index contributed by atoms with van der Waals surface area (Å²) in [6, 6.07) is 9.33. The third-order valence-corrected chi connectivity index (χ3v) is 3.19. The number of rotatable bonds is 6. The van der Waals surface area contributed by atoms with E-state index in [2.05, 4.69) is 62.4 Å². The third kappa shape index (κ3) is 4.39. The van der Waals surface area contributed by atoms with Gasteiger partial charge in [0.15, 0.2) is 0 Å². The van der Waals surface area contributed by atoms with Crippen LogP contribution >= 0.6 is 0 Å². The summed E-state index contributed by atoms with van der Waals surface area (Å²) in [5, 5.41) is 3.41. The van der Waals surface area contributed by atoms with Crippen LogP contribution < -0.4 is 10.2 Å². The number of anilines is 1. The van der Waals surface area contributed by atoms with E-state index in [1.807, 2.05) is 7.05 Å². The first kappa shape index (κ1) is 14.0. The molecule has 0 fully saturated rings. The van der Waals surface area contributed by atoms with Crippen LogP contribution in [-0.2, 0) is 0 Å². The predicted octanol–water partition coefficient (Wildman–Crippen LogP) is 3.45. The summed E-state index contributed by atoms with van der Waals surface area (Å²) in [5.41, 5.74) is 2.64. The molecule has 2 nitrogen and oxygen atoms in total. The Labute approximate surface area is 106 Å². The van der Waals surface area contributed by atoms with Gasteiger partial charge in [-0.25, -0.2) is 0 Å². The fraction of sp³-hybridized carbons (Fsp3) is 0.600. The summed E-state index contributed by atoms with van der Waals surface area (Å²) >= 11 is 0. The molecular weight excluding hydrogens is 208 g/mol. The van der Waals surface area contributed by atoms with Gasteiger partial charge in [0, 0.05) is 25.8 Å². The third-order valence-electron chi connectivity index (χ3n) is 3.19. The highest BCUT2D eigenvalue weighted by atomic mass is 15.1. The van der Waals surface area contributed by atoms with Crippen LogP contribution in [0.2, 0.25) is 0 Å². The van der Waals surface area contributed by atoms with Crippen LogP contribution in [0.5, 0.6) is 0 Å². The van der Waals surface area contributed by atoms with Crippen molar-refractivity contribution in [1.29, 1.82) is 0 Å². The van der Waals surface area contributed by atoms with Crippen LogP contribution in [-0.4, -0.2) is 21.1 Å². The Morgan fingerprint density at radius 2 is 1.65 bits per heavy atom. The lowest BCUT2D eigenvalue weighted by molar-refractivity contribution is 0.465. The number of hydrogen-bond donors (Lipinski definition) is 1. The van der Waals surface area contributed by atoms with Crippen molar-refractivity contribution < 1.29 is 0 Å². The van der Waals surface area contributed by atoms with Crippen LogP contribution in [0.1, 0.15) is 38.3 Å². The standard InChI is InChI=1S/C15H26N2/c1-12(2)6-11-15(16-3)13-7-9-14(10-8-13)17(4)5/h7-10,12,15-16H,6,11H2,1-5H3. The lowest BCUT2D eigenvalue weighted by Gasteiger charge is -2.19. The molecular formula is C15H26N2. The minimum atomic E-state index is 0.480. The zero-order chi connectivity index (χ0) is 12.8. The second kappa shape index (κ2) is 6.65. The van der Waals surface area contributed by atoms with Crippen LogP contribution in [0, 0.1) is 5.92 Å². The van der Waals surface area contributed by atoms with Crippen LogP contribution in [0.25, 0.3) is 0 Å². The Balaban J connectivity index is 2.68. The summed E-state index contributed by atoms with van der Waals surface area (Å²) in [6.45, 7) is 4.56. The van der Waals surface area contributed by atoms with Crippen molar-refractivity contribution in [1.82, 2.24) is 5.32 Å². The molecule has 0 radical (unpaired) electrons. The van der Waals surface area contributed by atoms with Crippen molar-refractivity contribution in [3.05, 3.63) is 29.8 Å². The van der Waals surface area contributed by atoms with E-state index in [0.29, 0.717) is 6.04 Å². The molecule has 0 amide bonds. The zero-order valence-electron chi connectivity index (χ0n) is 11.8. The molecule has 0 saturated carbocycles. The van der Waals surface area contributed by atoms with Crippen LogP contribution in [0.4, 0.5) is 5.69 Å². The van der Waals surface area contributed by atoms with E-state index in [1.54, 1.807) is 0 Å². The average Bonchev–Trinajstić information content (AvgIpc) is 2.30. The summed E-state index contributed by atoms with van der Waals surface area (Å²) in [7, 11) is 6.19. The maximum absolute atomic E-state index is 3.41. The molecule has 17 heavy (non-hydrogen) atoms. The second-order valence-electron chi connectivity index (χ2n) is 5.30. The van der Waals surface area contributed by atoms with Gasteiger partial charge in [-0.2, -0.15) is 0 Å². The SMILES string of the molecule is CNC(CCC(C)C)c1ccc(N(C)C)cc1. The van der Waals surface area contributed by atoms with Crippen LogP contribution in [0.15, 0.2) is 24.3 Å². The fourth-order valence-corrected chi connectivity index (χ4v) is 1.98. The quantitative estimate of drug-likeness (QED) is 0.811. The van der Waals surface area contributed by atoms with Crippen molar-refractivity contribution >= 4 is 5.69 Å². The lowest BCUT2D eigenvalue weighted by Crippen LogP contribution is -2.17. The van der Waals surface area contributed by atoms with E-state index < -0.39 is 0 Å². The molecule has 1 aromatic rings. The summed E-state index contributed by atoms with van der Waals surface area (Å²) in [5.74, 6) is 0.770. The smallest absolute Gasteiger partial charge is 0.0361 e. The van der Waals surface area contributed by atoms with Gasteiger partial charge in [-0.05, 0) is 43.5 Å². The molecule has 1 unspecified atom stereocenters. The minimum Gasteiger partial charge on any atom is -0.378 e. The van der Waals surface area contributed by atoms with Gasteiger partial charge in [0.25, 0.3) is 0 Å². The largest absolute Gasteiger partial charge is 0.378 e. The van der Waals surface area contributed by atoms with E-state index in [4.69, 9.17) is 0 Å². The molecule has 0 bridgehead atoms. The predicted molar refractivity (Wildman–Crippen MR) is 76.6 cm³/mol. The van der Waals surface area contributed by atoms with Crippen molar-refractivity contribution in [3.8, 4) is 0 Å². The molecule has 0 saturated heterocycles. The number of hydrogen-bond acceptors (Lipinski definition) is 2. The van der Waals surface area contributed by atoms with Crippen LogP contribution in [0.3, 0.4) is 0 Å². The Kier molecular flexibility index (Phi) is 5.49. The monoisotopic (exact) mass is 234 g/mol. The summed E-state index contributed by atoms with van der Waals surface area (Å²) in [4.78, 5) is 2.13. The highest BCUT2D eigenvalue weighted by molar-refractivity contribution is 5.46. The average molecular weight is 234 g/mol. The van der Waals surface area contributed by atoms with Crippen molar-refractivity contribution in [2.45, 2.75) is 32.7 Å². The first-order valence-electron chi connectivity index (χ1n) is 6.49. The molecule has 0 aliphatic heterocycles. The first-order valence-corrected chi connectivity index (χ1v) is 6.49. The highest BCUT2D eigenvalue weighted by Gasteiger charge is 2.09. The Bertz CT molecular complexity index is 314. The second-order valence-corrected chi connectivity index (χ2v) is 5.30. The van der Waals surface area contributed by atoms with E-state index >= 15 is 0 Å². The maximum atomic E-state index is 3.41. The molecule has 0 aliphatic rings. The zero-order valence-corrected chi connectivity index (χ0v) is 11.8. The summed E-state index contributed by atoms with van der Waals surface area (Å²) < 4.78 is 0. The first-order chi connectivity index (χ1) is 8.04. The Hall–Kier alpha value is -1.02. The van der Waals surface area contributed by atoms with Crippen molar-refractivity contribution in [3.63, 3.8) is 0 Å². The van der Waals surface area contributed by atoms with Gasteiger partial charge in [-0.3, -0.25) is 0 Å². The van der Waals surface area contributed by atoms with E-state index in [9.17, 15) is 0 Å². The lowest BCUT2D eigenvalue weighted by atomic mass is 9.97. The van der Waals surface area contributed by atoms with Crippen molar-refractivity contribution in [2.24, 2.45) is 5.92 Å². The van der Waals surface area contributed by atoms with Crippen molar-refractivity contribution in [2.75, 3.05) is 26.0 Å². The molecule has 1 rings (SSSR count). The maximum Gasteiger partial charge on any atom is 0.0361 e. The van der Waals surface area contributed by atoms with Gasteiger partial charge in [0.05, 0.1) is 0 Å². The molecule has 96 valence electrons. The topological polar surface area (TPSA) is 15.3 Å². The molecule has 0 aromatic heterocycles. The van der Waals surface area contributed by atoms with Gasteiger partial charge >= 0.3 is 0 Å². The molecule has 0 aliphatic carbocycles. The van der Waals surface area contributed by atoms with E-state index in [0.717, 1.165) is 5.92 Å². The molecule has 0 spiro atoms. The Morgan fingerprint density at radius 3 is 2.06 bits per heavy atom. The number of benzene rings is 1. The number of nitrogens with zero attached hydrogens (tertiary/aromatic N) is 1. The number of nitrogens with one attached hydrogen (secondary N) is 1. The van der Waals surface area contributed by atoms with Gasteiger partial charge in [-0.1, -0.05) is 26.0 Å². The molecule has 1 atom stereocenters. The van der Waals surface area contributed by atoms with Gasteiger partial charge in [0.1, 0.15) is 0 Å². The minimum absolute atomic E-state index is 0.480. The molecule has 2 heteroatoms. The molecule has 1 N–H and O–H groups in total. The van der Waals surface area contributed by atoms with Gasteiger partial charge in [-0.15, -0.1) is 0 Å². The molecule has 1 aromatic carbocycles. The van der Waals surface area contributed by atoms with Gasteiger partial charge in [0.2, 0.25) is 0 Å².